The van der Waals surface area contributed by atoms with Gasteiger partial charge in [-0.3, -0.25) is 0 Å². The molecule has 0 aliphatic carbocycles. The number of nitrogens with zero attached hydrogens (tertiary/aromatic N) is 1. The minimum absolute atomic E-state index is 0.403. The number of aliphatic hydroxyl groups is 1. The summed E-state index contributed by atoms with van der Waals surface area (Å²) in [4.78, 5) is 0. The molecule has 0 saturated heterocycles. The summed E-state index contributed by atoms with van der Waals surface area (Å²) in [6.45, 7) is 3.12. The van der Waals surface area contributed by atoms with Gasteiger partial charge in [0.25, 0.3) is 0 Å². The monoisotopic (exact) mass is 287 g/mol. The van der Waals surface area contributed by atoms with E-state index in [0.717, 1.165) is 6.07 Å². The summed E-state index contributed by atoms with van der Waals surface area (Å²) in [6, 6.07) is 4.91. The Morgan fingerprint density at radius 2 is 2.05 bits per heavy atom. The van der Waals surface area contributed by atoms with Crippen molar-refractivity contribution in [3.8, 4) is 6.07 Å². The lowest BCUT2D eigenvalue weighted by atomic mass is 10.1. The average Bonchev–Trinajstić information content (AvgIpc) is 2.36. The molecular weight excluding hydrogens is 271 g/mol. The summed E-state index contributed by atoms with van der Waals surface area (Å²) in [7, 11) is 0. The predicted octanol–water partition coefficient (Wildman–Crippen LogP) is 1.96. The SMILES string of the molecule is CC(O)CNCCNc1ccc(C(F)(F)F)c(C#N)c1. The fourth-order valence-electron chi connectivity index (χ4n) is 1.60. The maximum atomic E-state index is 12.6. The first-order valence-electron chi connectivity index (χ1n) is 6.08. The molecule has 3 N–H and O–H groups in total. The van der Waals surface area contributed by atoms with Crippen LogP contribution in [-0.2, 0) is 6.18 Å². The molecular formula is C13H16F3N3O. The molecule has 0 aromatic heterocycles. The van der Waals surface area contributed by atoms with Crippen molar-refractivity contribution in [1.82, 2.24) is 5.32 Å². The average molecular weight is 287 g/mol. The molecule has 0 spiro atoms. The fraction of sp³-hybridized carbons (Fsp3) is 0.462. The van der Waals surface area contributed by atoms with Gasteiger partial charge in [-0.15, -0.1) is 0 Å². The number of aliphatic hydroxyl groups excluding tert-OH is 1. The van der Waals surface area contributed by atoms with E-state index in [1.165, 1.54) is 12.1 Å². The molecule has 0 saturated carbocycles. The highest BCUT2D eigenvalue weighted by Gasteiger charge is 2.33. The van der Waals surface area contributed by atoms with Crippen molar-refractivity contribution in [2.24, 2.45) is 0 Å². The highest BCUT2D eigenvalue weighted by atomic mass is 19.4. The normalized spacial score (nSPS) is 12.8. The Bertz CT molecular complexity index is 481. The van der Waals surface area contributed by atoms with Crippen LogP contribution < -0.4 is 10.6 Å². The largest absolute Gasteiger partial charge is 0.417 e. The standard InChI is InChI=1S/C13H16F3N3O/c1-9(20)8-18-4-5-19-11-2-3-12(13(14,15)16)10(6-11)7-17/h2-3,6,9,18-20H,4-5,8H2,1H3. The third-order valence-electron chi connectivity index (χ3n) is 2.52. The first-order chi connectivity index (χ1) is 9.34. The van der Waals surface area contributed by atoms with E-state index >= 15 is 0 Å². The molecule has 20 heavy (non-hydrogen) atoms. The van der Waals surface area contributed by atoms with Crippen LogP contribution in [0.4, 0.5) is 18.9 Å². The number of hydrogen-bond acceptors (Lipinski definition) is 4. The van der Waals surface area contributed by atoms with E-state index < -0.39 is 23.4 Å². The van der Waals surface area contributed by atoms with Crippen LogP contribution in [0.15, 0.2) is 18.2 Å². The van der Waals surface area contributed by atoms with Gasteiger partial charge in [0.05, 0.1) is 23.3 Å². The first-order valence-corrected chi connectivity index (χ1v) is 6.08. The van der Waals surface area contributed by atoms with E-state index in [9.17, 15) is 13.2 Å². The van der Waals surface area contributed by atoms with Gasteiger partial charge in [-0.25, -0.2) is 0 Å². The van der Waals surface area contributed by atoms with Crippen molar-refractivity contribution in [1.29, 1.82) is 5.26 Å². The Balaban J connectivity index is 2.59. The topological polar surface area (TPSA) is 68.1 Å². The minimum Gasteiger partial charge on any atom is -0.392 e. The van der Waals surface area contributed by atoms with Crippen LogP contribution in [0.2, 0.25) is 0 Å². The molecule has 1 rings (SSSR count). The highest BCUT2D eigenvalue weighted by Crippen LogP contribution is 2.32. The summed E-state index contributed by atoms with van der Waals surface area (Å²) in [5.74, 6) is 0. The molecule has 0 aliphatic rings. The lowest BCUT2D eigenvalue weighted by Gasteiger charge is -2.12. The fourth-order valence-corrected chi connectivity index (χ4v) is 1.60. The zero-order chi connectivity index (χ0) is 15.2. The molecule has 0 fully saturated rings. The number of hydrogen-bond donors (Lipinski definition) is 3. The number of benzene rings is 1. The third kappa shape index (κ3) is 5.07. The van der Waals surface area contributed by atoms with E-state index in [1.54, 1.807) is 13.0 Å². The predicted molar refractivity (Wildman–Crippen MR) is 69.2 cm³/mol. The second kappa shape index (κ2) is 7.12. The zero-order valence-electron chi connectivity index (χ0n) is 11.0. The highest BCUT2D eigenvalue weighted by molar-refractivity contribution is 5.53. The molecule has 0 radical (unpaired) electrons. The quantitative estimate of drug-likeness (QED) is 0.700. The number of nitrogens with one attached hydrogen (secondary N) is 2. The summed E-state index contributed by atoms with van der Waals surface area (Å²) in [5, 5.41) is 23.6. The number of rotatable bonds is 6. The van der Waals surface area contributed by atoms with Gasteiger partial charge in [0.15, 0.2) is 0 Å². The lowest BCUT2D eigenvalue weighted by molar-refractivity contribution is -0.137. The Kier molecular flexibility index (Phi) is 5.80. The summed E-state index contributed by atoms with van der Waals surface area (Å²) < 4.78 is 37.8. The summed E-state index contributed by atoms with van der Waals surface area (Å²) in [6.07, 6.45) is -4.98. The van der Waals surface area contributed by atoms with Gasteiger partial charge in [-0.05, 0) is 25.1 Å². The second-order valence-electron chi connectivity index (χ2n) is 4.35. The van der Waals surface area contributed by atoms with Crippen molar-refractivity contribution < 1.29 is 18.3 Å². The first kappa shape index (κ1) is 16.3. The third-order valence-corrected chi connectivity index (χ3v) is 2.52. The van der Waals surface area contributed by atoms with Gasteiger partial charge >= 0.3 is 6.18 Å². The molecule has 110 valence electrons. The molecule has 1 aromatic carbocycles. The van der Waals surface area contributed by atoms with Crippen molar-refractivity contribution in [2.45, 2.75) is 19.2 Å². The Morgan fingerprint density at radius 3 is 2.60 bits per heavy atom. The number of nitriles is 1. The van der Waals surface area contributed by atoms with Crippen molar-refractivity contribution >= 4 is 5.69 Å². The van der Waals surface area contributed by atoms with Gasteiger partial charge in [-0.2, -0.15) is 18.4 Å². The van der Waals surface area contributed by atoms with Gasteiger partial charge in [0, 0.05) is 25.3 Å². The van der Waals surface area contributed by atoms with E-state index in [1.807, 2.05) is 0 Å². The Morgan fingerprint density at radius 1 is 1.35 bits per heavy atom. The molecule has 0 amide bonds. The molecule has 1 unspecified atom stereocenters. The molecule has 4 nitrogen and oxygen atoms in total. The Hall–Kier alpha value is -1.78. The molecule has 1 atom stereocenters. The van der Waals surface area contributed by atoms with Gasteiger partial charge in [-0.1, -0.05) is 0 Å². The van der Waals surface area contributed by atoms with E-state index in [4.69, 9.17) is 10.4 Å². The van der Waals surface area contributed by atoms with Crippen LogP contribution >= 0.6 is 0 Å². The summed E-state index contributed by atoms with van der Waals surface area (Å²) >= 11 is 0. The van der Waals surface area contributed by atoms with Crippen molar-refractivity contribution in [3.63, 3.8) is 0 Å². The molecule has 1 aromatic rings. The zero-order valence-corrected chi connectivity index (χ0v) is 11.0. The van der Waals surface area contributed by atoms with Gasteiger partial charge < -0.3 is 15.7 Å². The van der Waals surface area contributed by atoms with E-state index in [0.29, 0.717) is 25.3 Å². The van der Waals surface area contributed by atoms with Crippen molar-refractivity contribution in [2.75, 3.05) is 25.0 Å². The lowest BCUT2D eigenvalue weighted by Crippen LogP contribution is -2.28. The molecule has 0 heterocycles. The molecule has 7 heteroatoms. The van der Waals surface area contributed by atoms with Crippen molar-refractivity contribution in [3.05, 3.63) is 29.3 Å². The molecule has 0 bridgehead atoms. The number of halogens is 3. The van der Waals surface area contributed by atoms with Crippen LogP contribution in [0, 0.1) is 11.3 Å². The van der Waals surface area contributed by atoms with Crippen LogP contribution in [0.1, 0.15) is 18.1 Å². The van der Waals surface area contributed by atoms with E-state index in [2.05, 4.69) is 10.6 Å². The molecule has 0 aliphatic heterocycles. The van der Waals surface area contributed by atoms with Crippen LogP contribution in [0.3, 0.4) is 0 Å². The van der Waals surface area contributed by atoms with Crippen LogP contribution in [0.25, 0.3) is 0 Å². The maximum absolute atomic E-state index is 12.6. The van der Waals surface area contributed by atoms with Crippen LogP contribution in [-0.4, -0.2) is 30.8 Å². The van der Waals surface area contributed by atoms with E-state index in [-0.39, 0.29) is 0 Å². The summed E-state index contributed by atoms with van der Waals surface area (Å²) in [5.41, 5.74) is -0.884. The number of anilines is 1. The minimum atomic E-state index is -4.53. The van der Waals surface area contributed by atoms with Crippen LogP contribution in [0.5, 0.6) is 0 Å². The number of alkyl halides is 3. The van der Waals surface area contributed by atoms with Gasteiger partial charge in [0.1, 0.15) is 0 Å². The van der Waals surface area contributed by atoms with Gasteiger partial charge in [0.2, 0.25) is 0 Å². The smallest absolute Gasteiger partial charge is 0.392 e. The maximum Gasteiger partial charge on any atom is 0.417 e. The Labute approximate surface area is 115 Å². The second-order valence-corrected chi connectivity index (χ2v) is 4.35.